The summed E-state index contributed by atoms with van der Waals surface area (Å²) in [7, 11) is 0. The maximum atomic E-state index is 13.4. The van der Waals surface area contributed by atoms with Gasteiger partial charge < -0.3 is 5.32 Å². The number of aryl methyl sites for hydroxylation is 1. The van der Waals surface area contributed by atoms with Gasteiger partial charge in [-0.15, -0.1) is 11.3 Å². The van der Waals surface area contributed by atoms with Gasteiger partial charge in [0.1, 0.15) is 5.82 Å². The number of hydroxylamine groups is 1. The van der Waals surface area contributed by atoms with Crippen LogP contribution in [0.25, 0.3) is 10.1 Å². The zero-order valence-corrected chi connectivity index (χ0v) is 17.4. The molecule has 2 aromatic carbocycles. The SMILES string of the molecule is Cc1cc(C[C@H](CCCCNCc2ccc3sccc3c2)C(=O)NO)ccc1F. The Morgan fingerprint density at radius 3 is 2.76 bits per heavy atom. The van der Waals surface area contributed by atoms with E-state index in [1.807, 2.05) is 0 Å². The van der Waals surface area contributed by atoms with Crippen molar-refractivity contribution in [3.63, 3.8) is 0 Å². The summed E-state index contributed by atoms with van der Waals surface area (Å²) < 4.78 is 14.7. The first-order valence-electron chi connectivity index (χ1n) is 9.92. The molecule has 0 saturated carbocycles. The Morgan fingerprint density at radius 2 is 1.97 bits per heavy atom. The van der Waals surface area contributed by atoms with Gasteiger partial charge in [-0.25, -0.2) is 9.87 Å². The quantitative estimate of drug-likeness (QED) is 0.249. The molecular weight excluding hydrogens is 387 g/mol. The highest BCUT2D eigenvalue weighted by Gasteiger charge is 2.18. The summed E-state index contributed by atoms with van der Waals surface area (Å²) in [4.78, 5) is 12.0. The monoisotopic (exact) mass is 414 g/mol. The number of hydrogen-bond acceptors (Lipinski definition) is 4. The molecule has 6 heteroatoms. The minimum absolute atomic E-state index is 0.249. The van der Waals surface area contributed by atoms with Crippen LogP contribution in [0, 0.1) is 18.7 Å². The zero-order valence-electron chi connectivity index (χ0n) is 16.6. The molecule has 0 spiro atoms. The third-order valence-electron chi connectivity index (χ3n) is 5.19. The molecule has 1 atom stereocenters. The van der Waals surface area contributed by atoms with E-state index in [-0.39, 0.29) is 17.6 Å². The second-order valence-electron chi connectivity index (χ2n) is 7.43. The molecule has 29 heavy (non-hydrogen) atoms. The van der Waals surface area contributed by atoms with Crippen LogP contribution in [0.1, 0.15) is 36.0 Å². The smallest absolute Gasteiger partial charge is 0.246 e. The molecule has 0 aliphatic carbocycles. The lowest BCUT2D eigenvalue weighted by Gasteiger charge is -2.15. The number of thiophene rings is 1. The van der Waals surface area contributed by atoms with Crippen molar-refractivity contribution < 1.29 is 14.4 Å². The summed E-state index contributed by atoms with van der Waals surface area (Å²) in [5.41, 5.74) is 4.50. The molecule has 3 rings (SSSR count). The van der Waals surface area contributed by atoms with Crippen molar-refractivity contribution in [2.45, 2.75) is 39.2 Å². The summed E-state index contributed by atoms with van der Waals surface area (Å²) in [5, 5.41) is 15.9. The van der Waals surface area contributed by atoms with Crippen LogP contribution in [0.3, 0.4) is 0 Å². The van der Waals surface area contributed by atoms with Crippen molar-refractivity contribution in [1.82, 2.24) is 10.8 Å². The molecule has 1 aromatic heterocycles. The number of amides is 1. The van der Waals surface area contributed by atoms with Crippen molar-refractivity contribution in [3.8, 4) is 0 Å². The number of nitrogens with one attached hydrogen (secondary N) is 2. The average molecular weight is 415 g/mol. The van der Waals surface area contributed by atoms with E-state index >= 15 is 0 Å². The van der Waals surface area contributed by atoms with Crippen molar-refractivity contribution in [1.29, 1.82) is 0 Å². The maximum Gasteiger partial charge on any atom is 0.246 e. The lowest BCUT2D eigenvalue weighted by atomic mass is 9.92. The van der Waals surface area contributed by atoms with Gasteiger partial charge in [-0.2, -0.15) is 0 Å². The fourth-order valence-corrected chi connectivity index (χ4v) is 4.31. The Morgan fingerprint density at radius 1 is 1.14 bits per heavy atom. The zero-order chi connectivity index (χ0) is 20.6. The van der Waals surface area contributed by atoms with Gasteiger partial charge in [-0.1, -0.05) is 24.6 Å². The predicted molar refractivity (Wildman–Crippen MR) is 116 cm³/mol. The number of unbranched alkanes of at least 4 members (excludes halogenated alkanes) is 1. The number of carbonyl (C=O) groups excluding carboxylic acids is 1. The highest BCUT2D eigenvalue weighted by molar-refractivity contribution is 7.17. The molecule has 0 radical (unpaired) electrons. The summed E-state index contributed by atoms with van der Waals surface area (Å²) in [6.07, 6.45) is 2.97. The molecular formula is C23H27FN2O2S. The van der Waals surface area contributed by atoms with Crippen molar-refractivity contribution in [2.75, 3.05) is 6.54 Å². The number of carbonyl (C=O) groups is 1. The minimum Gasteiger partial charge on any atom is -0.313 e. The fourth-order valence-electron chi connectivity index (χ4n) is 3.53. The number of halogens is 1. The van der Waals surface area contributed by atoms with Gasteiger partial charge in [0.25, 0.3) is 0 Å². The molecule has 4 nitrogen and oxygen atoms in total. The van der Waals surface area contributed by atoms with Gasteiger partial charge in [0.05, 0.1) is 0 Å². The van der Waals surface area contributed by atoms with E-state index in [0.29, 0.717) is 18.4 Å². The highest BCUT2D eigenvalue weighted by atomic mass is 32.1. The number of hydrogen-bond donors (Lipinski definition) is 3. The molecule has 0 saturated heterocycles. The largest absolute Gasteiger partial charge is 0.313 e. The lowest BCUT2D eigenvalue weighted by molar-refractivity contribution is -0.133. The van der Waals surface area contributed by atoms with Crippen molar-refractivity contribution >= 4 is 27.3 Å². The Hall–Kier alpha value is -2.28. The first kappa shape index (κ1) is 21.4. The predicted octanol–water partition coefficient (Wildman–Crippen LogP) is 4.97. The van der Waals surface area contributed by atoms with Crippen molar-refractivity contribution in [2.24, 2.45) is 5.92 Å². The van der Waals surface area contributed by atoms with E-state index in [1.165, 1.54) is 21.7 Å². The first-order chi connectivity index (χ1) is 14.1. The van der Waals surface area contributed by atoms with Crippen LogP contribution in [-0.2, 0) is 17.8 Å². The Labute approximate surface area is 174 Å². The number of rotatable bonds is 10. The second kappa shape index (κ2) is 10.5. The van der Waals surface area contributed by atoms with Crippen LogP contribution in [0.2, 0.25) is 0 Å². The van der Waals surface area contributed by atoms with Crippen LogP contribution >= 0.6 is 11.3 Å². The molecule has 3 N–H and O–H groups in total. The van der Waals surface area contributed by atoms with Gasteiger partial charge in [-0.3, -0.25) is 10.0 Å². The standard InChI is InChI=1S/C23H27FN2O2S/c1-16-12-17(5-7-21(16)24)13-20(23(27)26-28)4-2-3-10-25-15-18-6-8-22-19(14-18)9-11-29-22/h5-9,11-12,14,20,25,28H,2-4,10,13,15H2,1H3,(H,26,27)/t20-/m0/s1. The number of fused-ring (bicyclic) bond motifs is 1. The van der Waals surface area contributed by atoms with Crippen LogP contribution in [0.5, 0.6) is 0 Å². The molecule has 1 amide bonds. The molecule has 1 heterocycles. The van der Waals surface area contributed by atoms with Gasteiger partial charge in [0, 0.05) is 17.2 Å². The number of benzene rings is 2. The van der Waals surface area contributed by atoms with Gasteiger partial charge in [0.2, 0.25) is 5.91 Å². The first-order valence-corrected chi connectivity index (χ1v) is 10.8. The molecule has 0 unspecified atom stereocenters. The van der Waals surface area contributed by atoms with Crippen LogP contribution in [0.4, 0.5) is 4.39 Å². The van der Waals surface area contributed by atoms with Gasteiger partial charge >= 0.3 is 0 Å². The summed E-state index contributed by atoms with van der Waals surface area (Å²) in [5.74, 6) is -0.962. The fraction of sp³-hybridized carbons (Fsp3) is 0.348. The molecule has 0 aliphatic heterocycles. The average Bonchev–Trinajstić information content (AvgIpc) is 3.19. The van der Waals surface area contributed by atoms with E-state index in [0.717, 1.165) is 31.5 Å². The Balaban J connectivity index is 1.42. The topological polar surface area (TPSA) is 61.4 Å². The molecule has 154 valence electrons. The van der Waals surface area contributed by atoms with E-state index in [9.17, 15) is 9.18 Å². The Bertz CT molecular complexity index is 957. The van der Waals surface area contributed by atoms with E-state index < -0.39 is 0 Å². The summed E-state index contributed by atoms with van der Waals surface area (Å²) >= 11 is 1.75. The molecule has 0 aliphatic rings. The summed E-state index contributed by atoms with van der Waals surface area (Å²) in [6.45, 7) is 3.40. The normalized spacial score (nSPS) is 12.2. The molecule has 3 aromatic rings. The minimum atomic E-state index is -0.385. The van der Waals surface area contributed by atoms with E-state index in [1.54, 1.807) is 35.9 Å². The summed E-state index contributed by atoms with van der Waals surface area (Å²) in [6, 6.07) is 13.6. The van der Waals surface area contributed by atoms with Crippen LogP contribution in [0.15, 0.2) is 47.8 Å². The van der Waals surface area contributed by atoms with Gasteiger partial charge in [-0.05, 0) is 84.5 Å². The lowest BCUT2D eigenvalue weighted by Crippen LogP contribution is -2.29. The third kappa shape index (κ3) is 6.10. The van der Waals surface area contributed by atoms with E-state index in [2.05, 4.69) is 35.0 Å². The van der Waals surface area contributed by atoms with Crippen LogP contribution < -0.4 is 10.8 Å². The van der Waals surface area contributed by atoms with E-state index in [4.69, 9.17) is 5.21 Å². The van der Waals surface area contributed by atoms with Crippen LogP contribution in [-0.4, -0.2) is 17.7 Å². The maximum absolute atomic E-state index is 13.4. The highest BCUT2D eigenvalue weighted by Crippen LogP contribution is 2.22. The second-order valence-corrected chi connectivity index (χ2v) is 8.37. The molecule has 0 fully saturated rings. The van der Waals surface area contributed by atoms with Gasteiger partial charge in [0.15, 0.2) is 0 Å². The molecule has 0 bridgehead atoms. The van der Waals surface area contributed by atoms with Crippen molar-refractivity contribution in [3.05, 3.63) is 70.4 Å². The Kier molecular flexibility index (Phi) is 7.75. The third-order valence-corrected chi connectivity index (χ3v) is 6.09.